The van der Waals surface area contributed by atoms with Gasteiger partial charge in [0.1, 0.15) is 0 Å². The van der Waals surface area contributed by atoms with Gasteiger partial charge in [0.25, 0.3) is 0 Å². The minimum absolute atomic E-state index is 0.453. The third-order valence-corrected chi connectivity index (χ3v) is 3.97. The zero-order chi connectivity index (χ0) is 13.0. The fourth-order valence-corrected chi connectivity index (χ4v) is 2.10. The Labute approximate surface area is 125 Å². The molecule has 0 saturated heterocycles. The predicted octanol–water partition coefficient (Wildman–Crippen LogP) is 4.70. The second kappa shape index (κ2) is 6.78. The largest absolute Gasteiger partial charge is 0.362 e. The molecule has 6 heteroatoms. The number of anilines is 1. The van der Waals surface area contributed by atoms with Gasteiger partial charge in [0, 0.05) is 11.0 Å². The molecule has 0 bridgehead atoms. The van der Waals surface area contributed by atoms with Crippen molar-refractivity contribution < 1.29 is 0 Å². The zero-order valence-electron chi connectivity index (χ0n) is 9.48. The number of hydrogen-bond acceptors (Lipinski definition) is 1. The summed E-state index contributed by atoms with van der Waals surface area (Å²) in [5.74, 6) is 0.527. The van der Waals surface area contributed by atoms with Crippen LogP contribution in [0.25, 0.3) is 0 Å². The van der Waals surface area contributed by atoms with Gasteiger partial charge in [-0.25, -0.2) is 0 Å². The molecule has 0 saturated carbocycles. The minimum atomic E-state index is 0.453. The fourth-order valence-electron chi connectivity index (χ4n) is 1.09. The molecule has 2 N–H and O–H groups in total. The second-order valence-electron chi connectivity index (χ2n) is 3.95. The van der Waals surface area contributed by atoms with Crippen molar-refractivity contribution in [2.75, 3.05) is 11.9 Å². The van der Waals surface area contributed by atoms with E-state index in [0.717, 1.165) is 11.0 Å². The minimum Gasteiger partial charge on any atom is -0.362 e. The molecule has 2 nitrogen and oxygen atoms in total. The number of hydrogen-bond donors (Lipinski definition) is 2. The van der Waals surface area contributed by atoms with Crippen molar-refractivity contribution in [3.63, 3.8) is 0 Å². The van der Waals surface area contributed by atoms with Gasteiger partial charge in [-0.15, -0.1) is 0 Å². The van der Waals surface area contributed by atoms with Gasteiger partial charge in [0.15, 0.2) is 5.11 Å². The normalized spacial score (nSPS) is 10.5. The van der Waals surface area contributed by atoms with E-state index < -0.39 is 0 Å². The molecule has 0 aliphatic heterocycles. The van der Waals surface area contributed by atoms with E-state index >= 15 is 0 Å². The molecule has 0 aliphatic carbocycles. The topological polar surface area (TPSA) is 24.1 Å². The first-order valence-corrected chi connectivity index (χ1v) is 7.06. The lowest BCUT2D eigenvalue weighted by Crippen LogP contribution is -2.31. The van der Waals surface area contributed by atoms with Gasteiger partial charge >= 0.3 is 0 Å². The van der Waals surface area contributed by atoms with Crippen LogP contribution in [0.2, 0.25) is 10.0 Å². The van der Waals surface area contributed by atoms with Crippen LogP contribution >= 0.6 is 51.3 Å². The molecule has 1 aromatic carbocycles. The van der Waals surface area contributed by atoms with Crippen LogP contribution in [0.1, 0.15) is 13.8 Å². The Morgan fingerprint density at radius 3 is 2.59 bits per heavy atom. The van der Waals surface area contributed by atoms with Crippen LogP contribution < -0.4 is 10.6 Å². The summed E-state index contributed by atoms with van der Waals surface area (Å²) in [4.78, 5) is 0. The summed E-state index contributed by atoms with van der Waals surface area (Å²) in [7, 11) is 0. The highest BCUT2D eigenvalue weighted by Gasteiger charge is 2.09. The molecule has 17 heavy (non-hydrogen) atoms. The maximum absolute atomic E-state index is 6.09. The van der Waals surface area contributed by atoms with Gasteiger partial charge in [-0.2, -0.15) is 0 Å². The fraction of sp³-hybridized carbons (Fsp3) is 0.364. The van der Waals surface area contributed by atoms with E-state index in [1.807, 2.05) is 12.1 Å². The summed E-state index contributed by atoms with van der Waals surface area (Å²) in [6.07, 6.45) is 0. The summed E-state index contributed by atoms with van der Waals surface area (Å²) in [6, 6.07) is 3.64. The van der Waals surface area contributed by atoms with E-state index in [1.165, 1.54) is 0 Å². The first-order chi connectivity index (χ1) is 7.91. The van der Waals surface area contributed by atoms with Crippen molar-refractivity contribution in [2.45, 2.75) is 13.8 Å². The summed E-state index contributed by atoms with van der Waals surface area (Å²) in [5.41, 5.74) is 0.695. The highest BCUT2D eigenvalue weighted by molar-refractivity contribution is 9.10. The van der Waals surface area contributed by atoms with Gasteiger partial charge in [-0.1, -0.05) is 37.0 Å². The maximum Gasteiger partial charge on any atom is 0.170 e. The van der Waals surface area contributed by atoms with Crippen molar-refractivity contribution >= 4 is 62.1 Å². The zero-order valence-corrected chi connectivity index (χ0v) is 13.4. The average Bonchev–Trinajstić information content (AvgIpc) is 2.27. The highest BCUT2D eigenvalue weighted by atomic mass is 79.9. The van der Waals surface area contributed by atoms with Gasteiger partial charge < -0.3 is 10.6 Å². The van der Waals surface area contributed by atoms with Gasteiger partial charge in [-0.3, -0.25) is 0 Å². The van der Waals surface area contributed by atoms with E-state index in [0.29, 0.717) is 26.8 Å². The third kappa shape index (κ3) is 4.62. The van der Waals surface area contributed by atoms with Gasteiger partial charge in [0.05, 0.1) is 15.7 Å². The lowest BCUT2D eigenvalue weighted by molar-refractivity contribution is 0.627. The number of rotatable bonds is 3. The van der Waals surface area contributed by atoms with Crippen LogP contribution in [0.15, 0.2) is 16.6 Å². The highest BCUT2D eigenvalue weighted by Crippen LogP contribution is 2.35. The van der Waals surface area contributed by atoms with Gasteiger partial charge in [0.2, 0.25) is 0 Å². The second-order valence-corrected chi connectivity index (χ2v) is 5.97. The van der Waals surface area contributed by atoms with Crippen LogP contribution in [-0.4, -0.2) is 11.7 Å². The molecule has 0 atom stereocenters. The SMILES string of the molecule is CC(C)CNC(=S)Nc1ccc(Br)c(Cl)c1Cl. The van der Waals surface area contributed by atoms with Crippen LogP contribution in [0.5, 0.6) is 0 Å². The molecule has 0 fully saturated rings. The summed E-state index contributed by atoms with van der Waals surface area (Å²) < 4.78 is 0.760. The first-order valence-electron chi connectivity index (χ1n) is 5.10. The Hall–Kier alpha value is -0.0300. The van der Waals surface area contributed by atoms with E-state index in [2.05, 4.69) is 40.4 Å². The standard InChI is InChI=1S/C11H13BrCl2N2S/c1-6(2)5-15-11(17)16-8-4-3-7(12)9(13)10(8)14/h3-4,6H,5H2,1-2H3,(H2,15,16,17). The van der Waals surface area contributed by atoms with Gasteiger partial charge in [-0.05, 0) is 46.2 Å². The molecule has 0 aliphatic rings. The number of benzene rings is 1. The monoisotopic (exact) mass is 354 g/mol. The van der Waals surface area contributed by atoms with Crippen LogP contribution in [-0.2, 0) is 0 Å². The maximum atomic E-state index is 6.09. The van der Waals surface area contributed by atoms with E-state index in [-0.39, 0.29) is 0 Å². The molecule has 1 aromatic rings. The molecule has 0 radical (unpaired) electrons. The Morgan fingerprint density at radius 2 is 2.00 bits per heavy atom. The Balaban J connectivity index is 2.69. The number of halogens is 3. The third-order valence-electron chi connectivity index (χ3n) is 1.95. The number of nitrogens with one attached hydrogen (secondary N) is 2. The average molecular weight is 356 g/mol. The summed E-state index contributed by atoms with van der Waals surface area (Å²) in [5, 5.41) is 7.58. The molecule has 0 aromatic heterocycles. The van der Waals surface area contributed by atoms with Crippen LogP contribution in [0.4, 0.5) is 5.69 Å². The Morgan fingerprint density at radius 1 is 1.35 bits per heavy atom. The molecule has 0 unspecified atom stereocenters. The van der Waals surface area contributed by atoms with E-state index in [1.54, 1.807) is 0 Å². The molecule has 0 spiro atoms. The summed E-state index contributed by atoms with van der Waals surface area (Å²) >= 11 is 20.6. The first kappa shape index (κ1) is 15.0. The summed E-state index contributed by atoms with van der Waals surface area (Å²) in [6.45, 7) is 5.03. The molecular formula is C11H13BrCl2N2S. The molecular weight excluding hydrogens is 343 g/mol. The Bertz CT molecular complexity index is 424. The molecule has 0 amide bonds. The smallest absolute Gasteiger partial charge is 0.170 e. The quantitative estimate of drug-likeness (QED) is 0.607. The molecule has 1 rings (SSSR count). The van der Waals surface area contributed by atoms with Crippen molar-refractivity contribution in [1.29, 1.82) is 0 Å². The van der Waals surface area contributed by atoms with Crippen LogP contribution in [0.3, 0.4) is 0 Å². The Kier molecular flexibility index (Phi) is 6.00. The lowest BCUT2D eigenvalue weighted by Gasteiger charge is -2.14. The van der Waals surface area contributed by atoms with Crippen molar-refractivity contribution in [3.8, 4) is 0 Å². The van der Waals surface area contributed by atoms with E-state index in [4.69, 9.17) is 35.4 Å². The van der Waals surface area contributed by atoms with Crippen molar-refractivity contribution in [3.05, 3.63) is 26.7 Å². The number of thiocarbonyl (C=S) groups is 1. The van der Waals surface area contributed by atoms with Crippen molar-refractivity contribution in [1.82, 2.24) is 5.32 Å². The van der Waals surface area contributed by atoms with Crippen LogP contribution in [0, 0.1) is 5.92 Å². The molecule has 0 heterocycles. The molecule has 94 valence electrons. The lowest BCUT2D eigenvalue weighted by atomic mass is 10.2. The van der Waals surface area contributed by atoms with E-state index in [9.17, 15) is 0 Å². The predicted molar refractivity (Wildman–Crippen MR) is 83.2 cm³/mol. The van der Waals surface area contributed by atoms with Crippen molar-refractivity contribution in [2.24, 2.45) is 5.92 Å².